The molecule has 6 aromatic heterocycles. The van der Waals surface area contributed by atoms with E-state index in [9.17, 15) is 86.4 Å². The van der Waals surface area contributed by atoms with E-state index in [-0.39, 0.29) is 219 Å². The SMILES string of the molecule is Cn1cc(N=C([O-])Nc2cc(C(=O)Nc3cc(C(=O)Nc4cc(C([O-])=Nc5ccc(S(=O)(=O)O)c6cc(S(=O)(=O)O)ccc56)n(C)c4)n(C)c3)n(C)c2)cc1C(=O)Nc1cc(C(=O)Nc2cc(C([O-])=Nc3ccc(S(=O)(=O)O)c4cc(S(=O)(=O)[O-])ccc34)n(C)c2)n(C)c1.[Na+].[Na+].[Na+].[Na+]. The van der Waals surface area contributed by atoms with Crippen molar-refractivity contribution in [3.8, 4) is 0 Å². The molecule has 0 saturated carbocycles. The summed E-state index contributed by atoms with van der Waals surface area (Å²) in [4.78, 5) is 63.4. The number of hydrogen-bond donors (Lipinski definition) is 8. The smallest absolute Gasteiger partial charge is 0.857 e. The Morgan fingerprint density at radius 1 is 0.367 bits per heavy atom. The summed E-state index contributed by atoms with van der Waals surface area (Å²) < 4.78 is 144. The molecule has 0 fully saturated rings. The second kappa shape index (κ2) is 30.7. The summed E-state index contributed by atoms with van der Waals surface area (Å²) in [6.45, 7) is 0. The first kappa shape index (κ1) is 79.8. The van der Waals surface area contributed by atoms with E-state index in [2.05, 4.69) is 41.6 Å². The van der Waals surface area contributed by atoms with Gasteiger partial charge in [0, 0.05) is 113 Å². The zero-order valence-corrected chi connectivity index (χ0v) is 64.5. The molecular weight excluding hydrogens is 1400 g/mol. The first-order chi connectivity index (χ1) is 43.9. The third kappa shape index (κ3) is 17.7. The second-order valence-electron chi connectivity index (χ2n) is 21.0. The number of carbonyl (C=O) groups is 4. The van der Waals surface area contributed by atoms with Crippen LogP contribution < -0.4 is 160 Å². The quantitative estimate of drug-likeness (QED) is 0.0171. The molecule has 0 unspecified atom stereocenters. The van der Waals surface area contributed by atoms with Crippen LogP contribution in [0.1, 0.15) is 53.3 Å². The Morgan fingerprint density at radius 2 is 0.673 bits per heavy atom. The van der Waals surface area contributed by atoms with Gasteiger partial charge in [0.25, 0.3) is 54.0 Å². The molecule has 4 amide bonds. The van der Waals surface area contributed by atoms with Crippen LogP contribution in [0.15, 0.2) is 169 Å². The van der Waals surface area contributed by atoms with Gasteiger partial charge < -0.3 is 73.9 Å². The second-order valence-corrected chi connectivity index (χ2v) is 26.6. The van der Waals surface area contributed by atoms with Crippen molar-refractivity contribution in [1.29, 1.82) is 0 Å². The fraction of sp³-hybridized carbons (Fsp3) is 0.105. The number of amidine groups is 1. The van der Waals surface area contributed by atoms with Crippen molar-refractivity contribution >= 4 is 149 Å². The number of rotatable bonds is 18. The van der Waals surface area contributed by atoms with E-state index in [0.717, 1.165) is 60.7 Å². The normalized spacial score (nSPS) is 12.2. The largest absolute Gasteiger partial charge is 1.00 e. The van der Waals surface area contributed by atoms with Crippen LogP contribution in [0.25, 0.3) is 21.5 Å². The minimum absolute atomic E-state index is 0. The summed E-state index contributed by atoms with van der Waals surface area (Å²) in [5, 5.41) is 52.5. The molecule has 33 nitrogen and oxygen atoms in total. The molecule has 0 spiro atoms. The zero-order chi connectivity index (χ0) is 68.4. The molecule has 4 aromatic carbocycles. The first-order valence-electron chi connectivity index (χ1n) is 26.7. The maximum atomic E-state index is 13.5. The summed E-state index contributed by atoms with van der Waals surface area (Å²) in [6, 6.07) is 16.7. The van der Waals surface area contributed by atoms with Crippen molar-refractivity contribution in [2.45, 2.75) is 19.6 Å². The number of nitrogens with one attached hydrogen (secondary N) is 5. The Labute approximate surface area is 645 Å². The minimum Gasteiger partial charge on any atom is -0.857 e. The molecule has 0 atom stereocenters. The number of aliphatic imine (C=N–C) groups is 3. The number of hydrogen-bond acceptors (Lipinski definition) is 19. The van der Waals surface area contributed by atoms with Crippen LogP contribution in [0.2, 0.25) is 0 Å². The number of aryl methyl sites for hydroxylation is 6. The monoisotopic (exact) mass is 1450 g/mol. The maximum absolute atomic E-state index is 13.5. The predicted octanol–water partition coefficient (Wildman–Crippen LogP) is -8.97. The minimum atomic E-state index is -5.05. The number of benzene rings is 4. The van der Waals surface area contributed by atoms with Gasteiger partial charge in [0.15, 0.2) is 0 Å². The van der Waals surface area contributed by atoms with Crippen molar-refractivity contribution in [2.24, 2.45) is 57.3 Å². The topological polar surface area (TPSA) is 485 Å². The molecule has 0 saturated heterocycles. The average Bonchev–Trinajstić information content (AvgIpc) is 1.14. The van der Waals surface area contributed by atoms with Crippen LogP contribution in [0, 0.1) is 0 Å². The zero-order valence-electron chi connectivity index (χ0n) is 53.2. The van der Waals surface area contributed by atoms with Gasteiger partial charge in [-0.2, -0.15) is 25.3 Å². The molecular formula is C57H48N14Na4O19S4. The number of amides is 4. The molecule has 0 aliphatic carbocycles. The van der Waals surface area contributed by atoms with Crippen molar-refractivity contribution in [3.63, 3.8) is 0 Å². The molecule has 0 aliphatic rings. The van der Waals surface area contributed by atoms with Crippen LogP contribution in [0.5, 0.6) is 0 Å². The molecule has 10 rings (SSSR count). The molecule has 488 valence electrons. The van der Waals surface area contributed by atoms with Crippen LogP contribution in [0.4, 0.5) is 45.5 Å². The van der Waals surface area contributed by atoms with Gasteiger partial charge in [0.05, 0.1) is 72.7 Å². The summed E-state index contributed by atoms with van der Waals surface area (Å²) >= 11 is 0. The van der Waals surface area contributed by atoms with Gasteiger partial charge >= 0.3 is 118 Å². The fourth-order valence-corrected chi connectivity index (χ4v) is 12.4. The van der Waals surface area contributed by atoms with E-state index < -0.39 is 102 Å². The molecule has 0 aliphatic heterocycles. The summed E-state index contributed by atoms with van der Waals surface area (Å²) in [6.07, 6.45) is 8.55. The van der Waals surface area contributed by atoms with E-state index in [1.807, 2.05) is 0 Å². The van der Waals surface area contributed by atoms with Gasteiger partial charge in [0.2, 0.25) is 0 Å². The third-order valence-corrected chi connectivity index (χ3v) is 17.8. The van der Waals surface area contributed by atoms with Gasteiger partial charge in [-0.25, -0.2) is 13.4 Å². The number of anilines is 5. The van der Waals surface area contributed by atoms with Crippen LogP contribution >= 0.6 is 0 Å². The standard InChI is InChI=1S/C57H52N14O19S4.4Na/c1-66-23-29(15-43(66)51(72)60-31-17-47(68(3)25-31)55(76)64-41-11-13-49(93(85,86)87)39-21-35(91(79,80)81)7-9-37(39)41)58-53(74)45-19-33(27-70(45)5)62-57(78)63-34-20-46(71(6)28-34)54(75)59-30-16-44(67(2)24-30)52(73)61-32-18-48(69(4)26-32)56(77)65-42-12-14-50(94(88,89)90)40-22-36(92(82,83)84)8-10-38(40)42;;;;/h7-28H,1-6H3,(H,58,74)(H,59,75)(H,60,72)(H,61,73)(H,64,76)(H,65,77)(H2,62,63,78)(H,79,80,81)(H,82,83,84)(H,85,86,87)(H,88,89,90);;;;/q;4*+1/p-4. The number of aromatic nitrogens is 6. The molecule has 6 heterocycles. The van der Waals surface area contributed by atoms with Crippen molar-refractivity contribution in [2.75, 3.05) is 26.6 Å². The summed E-state index contributed by atoms with van der Waals surface area (Å²) in [5.74, 6) is -4.38. The molecule has 98 heavy (non-hydrogen) atoms. The molecule has 10 aromatic rings. The first-order valence-corrected chi connectivity index (χ1v) is 32.4. The van der Waals surface area contributed by atoms with E-state index in [0.29, 0.717) is 0 Å². The van der Waals surface area contributed by atoms with Gasteiger partial charge in [0.1, 0.15) is 42.7 Å². The van der Waals surface area contributed by atoms with Crippen molar-refractivity contribution in [3.05, 3.63) is 168 Å². The number of fused-ring (bicyclic) bond motifs is 2. The van der Waals surface area contributed by atoms with E-state index in [4.69, 9.17) is 0 Å². The average molecular weight is 1450 g/mol. The number of carbonyl (C=O) groups excluding carboxylic acids is 4. The Hall–Kier alpha value is -7.19. The van der Waals surface area contributed by atoms with Crippen LogP contribution in [-0.4, -0.2) is 121 Å². The summed E-state index contributed by atoms with van der Waals surface area (Å²) in [5.41, 5.74) is 0.766. The Morgan fingerprint density at radius 3 is 1.02 bits per heavy atom. The maximum Gasteiger partial charge on any atom is 1.00 e. The predicted molar refractivity (Wildman–Crippen MR) is 333 cm³/mol. The van der Waals surface area contributed by atoms with E-state index >= 15 is 0 Å². The fourth-order valence-electron chi connectivity index (χ4n) is 10.0. The van der Waals surface area contributed by atoms with E-state index in [1.54, 1.807) is 0 Å². The van der Waals surface area contributed by atoms with Crippen molar-refractivity contribution < 1.29 is 205 Å². The molecule has 0 radical (unpaired) electrons. The van der Waals surface area contributed by atoms with Gasteiger partial charge in [-0.15, -0.1) is 0 Å². The van der Waals surface area contributed by atoms with Crippen LogP contribution in [0.3, 0.4) is 0 Å². The van der Waals surface area contributed by atoms with Crippen molar-refractivity contribution in [1.82, 2.24) is 27.4 Å². The Kier molecular flexibility index (Phi) is 25.0. The number of nitrogens with zero attached hydrogens (tertiary/aromatic N) is 9. The molecule has 41 heteroatoms. The van der Waals surface area contributed by atoms with Crippen LogP contribution in [-0.2, 0) is 82.8 Å². The van der Waals surface area contributed by atoms with Gasteiger partial charge in [-0.05, 0) is 84.9 Å². The van der Waals surface area contributed by atoms with Gasteiger partial charge in [-0.3, -0.25) is 42.8 Å². The third-order valence-electron chi connectivity index (χ3n) is 14.3. The Bertz CT molecular complexity index is 5480. The van der Waals surface area contributed by atoms with E-state index in [1.165, 1.54) is 143 Å². The molecule has 0 bridgehead atoms. The summed E-state index contributed by atoms with van der Waals surface area (Å²) in [7, 11) is -10.6. The van der Waals surface area contributed by atoms with Gasteiger partial charge in [-0.1, -0.05) is 12.1 Å². The Balaban J connectivity index is 0.00000379. The molecule has 8 N–H and O–H groups in total.